The molecule has 35 heavy (non-hydrogen) atoms. The number of nitrogens with zero attached hydrogens (tertiary/aromatic N) is 3. The summed E-state index contributed by atoms with van der Waals surface area (Å²) in [6, 6.07) is 10.5. The van der Waals surface area contributed by atoms with E-state index >= 15 is 0 Å². The van der Waals surface area contributed by atoms with Crippen molar-refractivity contribution in [3.63, 3.8) is 0 Å². The monoisotopic (exact) mass is 489 g/mol. The first kappa shape index (κ1) is 24.9. The van der Waals surface area contributed by atoms with Crippen molar-refractivity contribution in [1.29, 1.82) is 0 Å². The topological polar surface area (TPSA) is 65.4 Å². The number of carbonyl (C=O) groups is 1. The van der Waals surface area contributed by atoms with E-state index in [0.29, 0.717) is 50.5 Å². The summed E-state index contributed by atoms with van der Waals surface area (Å²) in [5, 5.41) is 9.82. The first-order valence-electron chi connectivity index (χ1n) is 11.7. The fourth-order valence-corrected chi connectivity index (χ4v) is 4.58. The molecule has 2 heterocycles. The van der Waals surface area contributed by atoms with Gasteiger partial charge in [-0.05, 0) is 47.2 Å². The molecule has 1 saturated heterocycles. The number of hydrogen-bond acceptors (Lipinski definition) is 4. The molecule has 9 heteroatoms. The molecule has 6 nitrogen and oxygen atoms in total. The fraction of sp³-hybridized carbons (Fsp3) is 0.462. The molecule has 2 aromatic carbocycles. The number of likely N-dealkylation sites (tertiary alicyclic amines) is 1. The molecule has 188 valence electrons. The number of fused-ring (bicyclic) bond motifs is 1. The van der Waals surface area contributed by atoms with Gasteiger partial charge in [0.25, 0.3) is 0 Å². The summed E-state index contributed by atoms with van der Waals surface area (Å²) in [6.45, 7) is 8.53. The minimum Gasteiger partial charge on any atom is -0.491 e. The second kappa shape index (κ2) is 9.43. The number of aliphatic imine (C=N–C) groups is 1. The Hall–Kier alpha value is -3.23. The highest BCUT2D eigenvalue weighted by atomic mass is 19.4. The van der Waals surface area contributed by atoms with E-state index in [4.69, 9.17) is 9.73 Å². The fourth-order valence-electron chi connectivity index (χ4n) is 4.58. The standard InChI is InChI=1S/C26H30F3N3O3/c1-25(2,3)16-32(24(33)34)20-10-12-31(15-20)23-21-14-18(6-9-22(21)35-13-11-30-23)17-4-7-19(8-5-17)26(27,28)29/h4-9,14,20H,10-13,15-16H2,1-3H3,(H,33,34). The number of ether oxygens (including phenoxy) is 1. The number of amidine groups is 1. The molecular formula is C26H30F3N3O3. The summed E-state index contributed by atoms with van der Waals surface area (Å²) in [5.74, 6) is 1.39. The van der Waals surface area contributed by atoms with Crippen molar-refractivity contribution in [2.75, 3.05) is 32.8 Å². The van der Waals surface area contributed by atoms with Gasteiger partial charge in [0, 0.05) is 19.6 Å². The Balaban J connectivity index is 1.61. The van der Waals surface area contributed by atoms with Crippen LogP contribution in [0.3, 0.4) is 0 Å². The van der Waals surface area contributed by atoms with E-state index in [1.807, 2.05) is 39.0 Å². The van der Waals surface area contributed by atoms with Crippen molar-refractivity contribution in [2.45, 2.75) is 39.4 Å². The highest BCUT2D eigenvalue weighted by Gasteiger charge is 2.35. The number of hydrogen-bond donors (Lipinski definition) is 1. The maximum atomic E-state index is 13.0. The van der Waals surface area contributed by atoms with E-state index in [9.17, 15) is 23.1 Å². The molecule has 0 bridgehead atoms. The maximum Gasteiger partial charge on any atom is 0.416 e. The average molecular weight is 490 g/mol. The van der Waals surface area contributed by atoms with Crippen molar-refractivity contribution >= 4 is 11.9 Å². The summed E-state index contributed by atoms with van der Waals surface area (Å²) in [7, 11) is 0. The van der Waals surface area contributed by atoms with Crippen molar-refractivity contribution in [3.8, 4) is 16.9 Å². The predicted octanol–water partition coefficient (Wildman–Crippen LogP) is 5.61. The third-order valence-corrected chi connectivity index (χ3v) is 6.17. The van der Waals surface area contributed by atoms with Crippen LogP contribution in [0.1, 0.15) is 38.3 Å². The lowest BCUT2D eigenvalue weighted by Gasteiger charge is -2.32. The van der Waals surface area contributed by atoms with Gasteiger partial charge in [-0.15, -0.1) is 0 Å². The Kier molecular flexibility index (Phi) is 6.71. The summed E-state index contributed by atoms with van der Waals surface area (Å²) >= 11 is 0. The second-order valence-electron chi connectivity index (χ2n) is 10.2. The number of halogens is 3. The van der Waals surface area contributed by atoms with Crippen LogP contribution in [0.5, 0.6) is 5.75 Å². The third-order valence-electron chi connectivity index (χ3n) is 6.17. The van der Waals surface area contributed by atoms with Gasteiger partial charge < -0.3 is 19.6 Å². The van der Waals surface area contributed by atoms with Crippen LogP contribution in [0.15, 0.2) is 47.5 Å². The van der Waals surface area contributed by atoms with E-state index < -0.39 is 17.8 Å². The molecule has 0 saturated carbocycles. The SMILES string of the molecule is CC(C)(C)CN(C(=O)O)C1CCN(C2=NCCOc3ccc(-c4ccc(C(F)(F)F)cc4)cc32)C1. The highest BCUT2D eigenvalue weighted by molar-refractivity contribution is 6.02. The molecule has 1 N–H and O–H groups in total. The largest absolute Gasteiger partial charge is 0.491 e. The number of rotatable bonds is 3. The third kappa shape index (κ3) is 5.71. The zero-order valence-corrected chi connectivity index (χ0v) is 20.1. The van der Waals surface area contributed by atoms with Crippen molar-refractivity contribution < 1.29 is 27.8 Å². The average Bonchev–Trinajstić information content (AvgIpc) is 3.16. The molecule has 2 aromatic rings. The Labute approximate surface area is 203 Å². The summed E-state index contributed by atoms with van der Waals surface area (Å²) in [4.78, 5) is 20.3. The van der Waals surface area contributed by atoms with Gasteiger partial charge in [0.2, 0.25) is 0 Å². The van der Waals surface area contributed by atoms with Gasteiger partial charge >= 0.3 is 12.3 Å². The van der Waals surface area contributed by atoms with Crippen LogP contribution in [0, 0.1) is 5.41 Å². The van der Waals surface area contributed by atoms with Gasteiger partial charge in [0.15, 0.2) is 0 Å². The molecule has 1 fully saturated rings. The lowest BCUT2D eigenvalue weighted by atomic mass is 9.95. The van der Waals surface area contributed by atoms with Gasteiger partial charge in [-0.25, -0.2) is 4.79 Å². The molecule has 0 spiro atoms. The number of carboxylic acid groups (broad SMARTS) is 1. The summed E-state index contributed by atoms with van der Waals surface area (Å²) < 4.78 is 44.8. The van der Waals surface area contributed by atoms with Crippen LogP contribution >= 0.6 is 0 Å². The number of amides is 1. The Morgan fingerprint density at radius 2 is 1.83 bits per heavy atom. The number of benzene rings is 2. The summed E-state index contributed by atoms with van der Waals surface area (Å²) in [6.07, 6.45) is -4.62. The van der Waals surface area contributed by atoms with Crippen molar-refractivity contribution in [2.24, 2.45) is 10.4 Å². The molecular weight excluding hydrogens is 459 g/mol. The van der Waals surface area contributed by atoms with E-state index in [1.165, 1.54) is 17.0 Å². The van der Waals surface area contributed by atoms with Crippen LogP contribution in [-0.2, 0) is 6.18 Å². The van der Waals surface area contributed by atoms with Crippen molar-refractivity contribution in [1.82, 2.24) is 9.80 Å². The summed E-state index contributed by atoms with van der Waals surface area (Å²) in [5.41, 5.74) is 1.32. The van der Waals surface area contributed by atoms with Gasteiger partial charge in [-0.1, -0.05) is 39.0 Å². The van der Waals surface area contributed by atoms with E-state index in [1.54, 1.807) is 0 Å². The lowest BCUT2D eigenvalue weighted by Crippen LogP contribution is -2.46. The first-order chi connectivity index (χ1) is 16.4. The normalized spacial score (nSPS) is 18.4. The molecule has 1 atom stereocenters. The minimum absolute atomic E-state index is 0.153. The Morgan fingerprint density at radius 1 is 1.14 bits per heavy atom. The van der Waals surface area contributed by atoms with E-state index in [0.717, 1.165) is 29.1 Å². The molecule has 4 rings (SSSR count). The van der Waals surface area contributed by atoms with Crippen LogP contribution in [-0.4, -0.2) is 65.7 Å². The Morgan fingerprint density at radius 3 is 2.46 bits per heavy atom. The molecule has 2 aliphatic heterocycles. The van der Waals surface area contributed by atoms with Gasteiger partial charge in [0.1, 0.15) is 18.2 Å². The first-order valence-corrected chi connectivity index (χ1v) is 11.7. The molecule has 1 amide bonds. The second-order valence-corrected chi connectivity index (χ2v) is 10.2. The smallest absolute Gasteiger partial charge is 0.416 e. The van der Waals surface area contributed by atoms with Crippen LogP contribution in [0.25, 0.3) is 11.1 Å². The molecule has 1 unspecified atom stereocenters. The quantitative estimate of drug-likeness (QED) is 0.609. The Bertz CT molecular complexity index is 1110. The number of alkyl halides is 3. The molecule has 0 aliphatic carbocycles. The van der Waals surface area contributed by atoms with Gasteiger partial charge in [-0.3, -0.25) is 4.99 Å². The molecule has 0 radical (unpaired) electrons. The highest BCUT2D eigenvalue weighted by Crippen LogP contribution is 2.34. The lowest BCUT2D eigenvalue weighted by molar-refractivity contribution is -0.137. The minimum atomic E-state index is -4.39. The van der Waals surface area contributed by atoms with Crippen molar-refractivity contribution in [3.05, 3.63) is 53.6 Å². The zero-order valence-electron chi connectivity index (χ0n) is 20.1. The van der Waals surface area contributed by atoms with Crippen LogP contribution in [0.4, 0.5) is 18.0 Å². The van der Waals surface area contributed by atoms with E-state index in [2.05, 4.69) is 4.90 Å². The molecule has 0 aromatic heterocycles. The van der Waals surface area contributed by atoms with Gasteiger partial charge in [0.05, 0.1) is 23.7 Å². The zero-order chi connectivity index (χ0) is 25.4. The van der Waals surface area contributed by atoms with E-state index in [-0.39, 0.29) is 11.5 Å². The van der Waals surface area contributed by atoms with Crippen LogP contribution in [0.2, 0.25) is 0 Å². The van der Waals surface area contributed by atoms with Crippen LogP contribution < -0.4 is 4.74 Å². The maximum absolute atomic E-state index is 13.0. The molecule has 2 aliphatic rings. The van der Waals surface area contributed by atoms with Gasteiger partial charge in [-0.2, -0.15) is 13.2 Å². The predicted molar refractivity (Wildman–Crippen MR) is 128 cm³/mol.